The van der Waals surface area contributed by atoms with Crippen LogP contribution in [0.15, 0.2) is 0 Å². The van der Waals surface area contributed by atoms with E-state index in [2.05, 4.69) is 30.8 Å². The highest BCUT2D eigenvalue weighted by atomic mass is 16.5. The highest BCUT2D eigenvalue weighted by Gasteiger charge is 2.35. The molecule has 0 saturated heterocycles. The Labute approximate surface area is 150 Å². The number of nitrogens with one attached hydrogen (secondary N) is 1. The van der Waals surface area contributed by atoms with Crippen LogP contribution < -0.4 is 11.1 Å². The van der Waals surface area contributed by atoms with Crippen molar-refractivity contribution in [2.24, 2.45) is 17.1 Å². The van der Waals surface area contributed by atoms with Gasteiger partial charge in [-0.25, -0.2) is 4.79 Å². The van der Waals surface area contributed by atoms with Crippen LogP contribution in [0.4, 0.5) is 0 Å². The molecule has 0 radical (unpaired) electrons. The molecule has 7 heteroatoms. The molecule has 0 bridgehead atoms. The zero-order valence-electron chi connectivity index (χ0n) is 15.8. The van der Waals surface area contributed by atoms with Gasteiger partial charge < -0.3 is 20.5 Å². The predicted molar refractivity (Wildman–Crippen MR) is 93.5 cm³/mol. The van der Waals surface area contributed by atoms with Gasteiger partial charge in [0.2, 0.25) is 11.8 Å². The zero-order valence-corrected chi connectivity index (χ0v) is 15.8. The summed E-state index contributed by atoms with van der Waals surface area (Å²) < 4.78 is 10.4. The number of esters is 1. The SMILES string of the molecule is COC(=O)[C@@H](CCC(N)=O)NC(=O)COC1CCCC(C)(C(C)C)C1. The summed E-state index contributed by atoms with van der Waals surface area (Å²) in [6.07, 6.45) is 4.30. The maximum atomic E-state index is 12.1. The van der Waals surface area contributed by atoms with Gasteiger partial charge in [0.05, 0.1) is 13.2 Å². The molecule has 0 spiro atoms. The molecule has 1 aliphatic rings. The van der Waals surface area contributed by atoms with Crippen molar-refractivity contribution in [3.05, 3.63) is 0 Å². The molecule has 25 heavy (non-hydrogen) atoms. The van der Waals surface area contributed by atoms with Crippen molar-refractivity contribution in [3.8, 4) is 0 Å². The summed E-state index contributed by atoms with van der Waals surface area (Å²) in [6.45, 7) is 6.59. The van der Waals surface area contributed by atoms with Crippen molar-refractivity contribution in [3.63, 3.8) is 0 Å². The predicted octanol–water partition coefficient (Wildman–Crippen LogP) is 1.53. The first-order chi connectivity index (χ1) is 11.7. The molecular formula is C18H32N2O5. The Morgan fingerprint density at radius 2 is 2.00 bits per heavy atom. The van der Waals surface area contributed by atoms with Gasteiger partial charge in [0.1, 0.15) is 12.6 Å². The molecule has 1 fully saturated rings. The lowest BCUT2D eigenvalue weighted by molar-refractivity contribution is -0.146. The van der Waals surface area contributed by atoms with Gasteiger partial charge >= 0.3 is 5.97 Å². The quantitative estimate of drug-likeness (QED) is 0.609. The number of nitrogens with two attached hydrogens (primary N) is 1. The third-order valence-electron chi connectivity index (χ3n) is 5.31. The van der Waals surface area contributed by atoms with Crippen LogP contribution in [0.2, 0.25) is 0 Å². The van der Waals surface area contributed by atoms with Crippen LogP contribution in [-0.4, -0.2) is 43.6 Å². The number of hydrogen-bond acceptors (Lipinski definition) is 5. The number of carbonyl (C=O) groups excluding carboxylic acids is 3. The molecule has 1 aliphatic carbocycles. The second kappa shape index (κ2) is 9.75. The first-order valence-corrected chi connectivity index (χ1v) is 8.95. The van der Waals surface area contributed by atoms with E-state index in [-0.39, 0.29) is 31.0 Å². The van der Waals surface area contributed by atoms with Crippen molar-refractivity contribution in [1.29, 1.82) is 0 Å². The maximum absolute atomic E-state index is 12.1. The molecule has 0 heterocycles. The standard InChI is InChI=1S/C18H32N2O5/c1-12(2)18(3)9-5-6-13(10-18)25-11-16(22)20-14(17(23)24-4)7-8-15(19)21/h12-14H,5-11H2,1-4H3,(H2,19,21)(H,20,22)/t13?,14-,18?/m1/s1. The fourth-order valence-electron chi connectivity index (χ4n) is 3.23. The first kappa shape index (κ1) is 21.4. The van der Waals surface area contributed by atoms with Crippen molar-refractivity contribution in [2.75, 3.05) is 13.7 Å². The van der Waals surface area contributed by atoms with Crippen LogP contribution in [0.25, 0.3) is 0 Å². The fourth-order valence-corrected chi connectivity index (χ4v) is 3.23. The van der Waals surface area contributed by atoms with E-state index in [1.807, 2.05) is 0 Å². The number of hydrogen-bond donors (Lipinski definition) is 2. The highest BCUT2D eigenvalue weighted by Crippen LogP contribution is 2.42. The van der Waals surface area contributed by atoms with Gasteiger partial charge in [0.15, 0.2) is 0 Å². The van der Waals surface area contributed by atoms with Gasteiger partial charge in [-0.3, -0.25) is 9.59 Å². The lowest BCUT2D eigenvalue weighted by Crippen LogP contribution is -2.44. The Hall–Kier alpha value is -1.63. The van der Waals surface area contributed by atoms with Crippen molar-refractivity contribution in [1.82, 2.24) is 5.32 Å². The van der Waals surface area contributed by atoms with E-state index in [0.717, 1.165) is 19.3 Å². The number of carbonyl (C=O) groups is 3. The number of primary amides is 1. The van der Waals surface area contributed by atoms with Gasteiger partial charge in [-0.15, -0.1) is 0 Å². The van der Waals surface area contributed by atoms with E-state index in [1.165, 1.54) is 13.5 Å². The summed E-state index contributed by atoms with van der Waals surface area (Å²) in [5.41, 5.74) is 5.32. The fraction of sp³-hybridized carbons (Fsp3) is 0.833. The summed E-state index contributed by atoms with van der Waals surface area (Å²) in [5.74, 6) is -0.962. The Kier molecular flexibility index (Phi) is 8.35. The molecule has 0 aromatic heterocycles. The van der Waals surface area contributed by atoms with Crippen LogP contribution in [0.3, 0.4) is 0 Å². The third kappa shape index (κ3) is 7.02. The molecule has 7 nitrogen and oxygen atoms in total. The summed E-state index contributed by atoms with van der Waals surface area (Å²) in [5, 5.41) is 2.56. The summed E-state index contributed by atoms with van der Waals surface area (Å²) in [6, 6.07) is -0.888. The second-order valence-electron chi connectivity index (χ2n) is 7.49. The van der Waals surface area contributed by atoms with Gasteiger partial charge in [-0.2, -0.15) is 0 Å². The zero-order chi connectivity index (χ0) is 19.0. The summed E-state index contributed by atoms with van der Waals surface area (Å²) >= 11 is 0. The Bertz CT molecular complexity index is 480. The Balaban J connectivity index is 2.48. The van der Waals surface area contributed by atoms with E-state index >= 15 is 0 Å². The van der Waals surface area contributed by atoms with E-state index in [1.54, 1.807) is 0 Å². The molecular weight excluding hydrogens is 324 g/mol. The number of methoxy groups -OCH3 is 1. The first-order valence-electron chi connectivity index (χ1n) is 8.95. The van der Waals surface area contributed by atoms with Crippen molar-refractivity contribution in [2.45, 2.75) is 71.4 Å². The summed E-state index contributed by atoms with van der Waals surface area (Å²) in [7, 11) is 1.23. The minimum atomic E-state index is -0.888. The van der Waals surface area contributed by atoms with Gasteiger partial charge in [0.25, 0.3) is 0 Å². The van der Waals surface area contributed by atoms with Crippen LogP contribution in [0.1, 0.15) is 59.3 Å². The summed E-state index contributed by atoms with van der Waals surface area (Å²) in [4.78, 5) is 34.7. The van der Waals surface area contributed by atoms with Gasteiger partial charge in [0, 0.05) is 6.42 Å². The van der Waals surface area contributed by atoms with E-state index in [9.17, 15) is 14.4 Å². The average molecular weight is 356 g/mol. The molecule has 0 aromatic rings. The molecule has 0 aliphatic heterocycles. The minimum absolute atomic E-state index is 0.00370. The average Bonchev–Trinajstić information content (AvgIpc) is 2.55. The molecule has 1 saturated carbocycles. The molecule has 1 rings (SSSR count). The topological polar surface area (TPSA) is 108 Å². The lowest BCUT2D eigenvalue weighted by Gasteiger charge is -2.41. The van der Waals surface area contributed by atoms with E-state index < -0.39 is 23.8 Å². The van der Waals surface area contributed by atoms with Gasteiger partial charge in [-0.05, 0) is 37.0 Å². The van der Waals surface area contributed by atoms with Crippen LogP contribution in [0, 0.1) is 11.3 Å². The third-order valence-corrected chi connectivity index (χ3v) is 5.31. The van der Waals surface area contributed by atoms with E-state index in [0.29, 0.717) is 5.92 Å². The van der Waals surface area contributed by atoms with Crippen LogP contribution >= 0.6 is 0 Å². The number of rotatable bonds is 9. The Morgan fingerprint density at radius 1 is 1.32 bits per heavy atom. The normalized spacial score (nSPS) is 24.6. The molecule has 144 valence electrons. The monoisotopic (exact) mass is 356 g/mol. The highest BCUT2D eigenvalue weighted by molar-refractivity contribution is 5.85. The molecule has 3 N–H and O–H groups in total. The van der Waals surface area contributed by atoms with Crippen LogP contribution in [-0.2, 0) is 23.9 Å². The molecule has 0 aromatic carbocycles. The minimum Gasteiger partial charge on any atom is -0.467 e. The largest absolute Gasteiger partial charge is 0.467 e. The lowest BCUT2D eigenvalue weighted by atomic mass is 9.67. The van der Waals surface area contributed by atoms with Crippen molar-refractivity contribution < 1.29 is 23.9 Å². The molecule has 3 atom stereocenters. The van der Waals surface area contributed by atoms with Crippen LogP contribution in [0.5, 0.6) is 0 Å². The number of ether oxygens (including phenoxy) is 2. The van der Waals surface area contributed by atoms with E-state index in [4.69, 9.17) is 10.5 Å². The molecule has 2 unspecified atom stereocenters. The molecule has 2 amide bonds. The van der Waals surface area contributed by atoms with Gasteiger partial charge in [-0.1, -0.05) is 27.2 Å². The van der Waals surface area contributed by atoms with Crippen molar-refractivity contribution >= 4 is 17.8 Å². The smallest absolute Gasteiger partial charge is 0.328 e. The second-order valence-corrected chi connectivity index (χ2v) is 7.49. The Morgan fingerprint density at radius 3 is 2.56 bits per heavy atom. The maximum Gasteiger partial charge on any atom is 0.328 e. The number of amides is 2.